The van der Waals surface area contributed by atoms with Gasteiger partial charge >= 0.3 is 5.97 Å². The molecule has 6 aromatic rings. The number of amides is 1. The maximum absolute atomic E-state index is 13.7. The van der Waals surface area contributed by atoms with E-state index in [1.165, 1.54) is 12.1 Å². The van der Waals surface area contributed by atoms with E-state index in [-0.39, 0.29) is 17.5 Å². The number of carbonyl (C=O) groups is 2. The molecule has 0 spiro atoms. The number of aromatic carboxylic acids is 1. The lowest BCUT2D eigenvalue weighted by Gasteiger charge is -2.17. The number of carbonyl (C=O) groups excluding carboxylic acids is 1. The highest BCUT2D eigenvalue weighted by molar-refractivity contribution is 6.08. The van der Waals surface area contributed by atoms with Gasteiger partial charge < -0.3 is 19.7 Å². The van der Waals surface area contributed by atoms with E-state index in [0.29, 0.717) is 23.6 Å². The summed E-state index contributed by atoms with van der Waals surface area (Å²) in [4.78, 5) is 29.5. The van der Waals surface area contributed by atoms with Crippen LogP contribution in [0.4, 0.5) is 0 Å². The first-order chi connectivity index (χ1) is 20.0. The number of nitrogens with one attached hydrogen (secondary N) is 1. The molecule has 2 heterocycles. The fourth-order valence-electron chi connectivity index (χ4n) is 4.99. The second-order valence-electron chi connectivity index (χ2n) is 9.89. The van der Waals surface area contributed by atoms with E-state index in [0.717, 1.165) is 32.9 Å². The minimum absolute atomic E-state index is 0.198. The zero-order valence-electron chi connectivity index (χ0n) is 22.3. The van der Waals surface area contributed by atoms with E-state index >= 15 is 0 Å². The Morgan fingerprint density at radius 2 is 1.68 bits per heavy atom. The summed E-state index contributed by atoms with van der Waals surface area (Å²) in [5, 5.41) is 14.1. The number of hydrogen-bond donors (Lipinski definition) is 2. The molecule has 41 heavy (non-hydrogen) atoms. The van der Waals surface area contributed by atoms with Gasteiger partial charge in [0.05, 0.1) is 28.2 Å². The Morgan fingerprint density at radius 3 is 2.46 bits per heavy atom. The number of carboxylic acids is 1. The molecule has 202 valence electrons. The van der Waals surface area contributed by atoms with Crippen molar-refractivity contribution < 1.29 is 19.4 Å². The van der Waals surface area contributed by atoms with Crippen molar-refractivity contribution in [2.45, 2.75) is 19.5 Å². The maximum Gasteiger partial charge on any atom is 0.335 e. The Balaban J connectivity index is 1.36. The van der Waals surface area contributed by atoms with Crippen LogP contribution in [-0.2, 0) is 6.54 Å². The van der Waals surface area contributed by atoms with Crippen molar-refractivity contribution in [2.75, 3.05) is 0 Å². The van der Waals surface area contributed by atoms with Crippen molar-refractivity contribution in [1.29, 1.82) is 0 Å². The van der Waals surface area contributed by atoms with Crippen LogP contribution in [0.2, 0.25) is 0 Å². The SMILES string of the molecule is C[C@H](NC(=O)c1ccc(Oc2ccccc2)c2ccn(Cc3cnc4ccccc4c3)c12)c1ccc(C(=O)O)cc1. The van der Waals surface area contributed by atoms with E-state index in [1.54, 1.807) is 18.2 Å². The summed E-state index contributed by atoms with van der Waals surface area (Å²) in [7, 11) is 0. The average Bonchev–Trinajstić information content (AvgIpc) is 3.41. The quantitative estimate of drug-likeness (QED) is 0.212. The molecule has 0 aliphatic heterocycles. The predicted molar refractivity (Wildman–Crippen MR) is 159 cm³/mol. The van der Waals surface area contributed by atoms with Gasteiger partial charge in [-0.25, -0.2) is 4.79 Å². The molecule has 6 rings (SSSR count). The number of rotatable bonds is 8. The molecule has 0 fully saturated rings. The van der Waals surface area contributed by atoms with Crippen molar-refractivity contribution >= 4 is 33.7 Å². The van der Waals surface area contributed by atoms with E-state index in [4.69, 9.17) is 4.74 Å². The molecule has 0 bridgehead atoms. The fraction of sp³-hybridized carbons (Fsp3) is 0.0882. The number of ether oxygens (including phenoxy) is 1. The molecular formula is C34H27N3O4. The van der Waals surface area contributed by atoms with Crippen LogP contribution in [0, 0.1) is 0 Å². The Bertz CT molecular complexity index is 1880. The third-order valence-corrected chi connectivity index (χ3v) is 7.11. The molecule has 7 heteroatoms. The number of benzene rings is 4. The molecule has 1 amide bonds. The molecule has 0 radical (unpaired) electrons. The minimum atomic E-state index is -0.990. The normalized spacial score (nSPS) is 11.8. The van der Waals surface area contributed by atoms with E-state index < -0.39 is 5.97 Å². The van der Waals surface area contributed by atoms with Crippen LogP contribution in [0.15, 0.2) is 116 Å². The van der Waals surface area contributed by atoms with Gasteiger partial charge in [0.1, 0.15) is 11.5 Å². The summed E-state index contributed by atoms with van der Waals surface area (Å²) in [5.74, 6) is 0.120. The van der Waals surface area contributed by atoms with Gasteiger partial charge in [0.2, 0.25) is 0 Å². The van der Waals surface area contributed by atoms with Gasteiger partial charge in [0, 0.05) is 29.7 Å². The van der Waals surface area contributed by atoms with Gasteiger partial charge in [-0.3, -0.25) is 9.78 Å². The third kappa shape index (κ3) is 5.38. The van der Waals surface area contributed by atoms with Crippen molar-refractivity contribution in [3.05, 3.63) is 138 Å². The second-order valence-corrected chi connectivity index (χ2v) is 9.89. The Labute approximate surface area is 236 Å². The topological polar surface area (TPSA) is 93.5 Å². The smallest absolute Gasteiger partial charge is 0.335 e. The molecule has 2 N–H and O–H groups in total. The van der Waals surface area contributed by atoms with E-state index in [2.05, 4.69) is 16.4 Å². The summed E-state index contributed by atoms with van der Waals surface area (Å²) >= 11 is 0. The van der Waals surface area contributed by atoms with Crippen LogP contribution >= 0.6 is 0 Å². The maximum atomic E-state index is 13.7. The van der Waals surface area contributed by atoms with Crippen LogP contribution in [0.5, 0.6) is 11.5 Å². The van der Waals surface area contributed by atoms with E-state index in [1.807, 2.05) is 90.6 Å². The largest absolute Gasteiger partial charge is 0.478 e. The summed E-state index contributed by atoms with van der Waals surface area (Å²) in [6.07, 6.45) is 3.82. The fourth-order valence-corrected chi connectivity index (χ4v) is 4.99. The Kier molecular flexibility index (Phi) is 6.92. The number of aromatic nitrogens is 2. The number of hydrogen-bond acceptors (Lipinski definition) is 4. The highest BCUT2D eigenvalue weighted by atomic mass is 16.5. The monoisotopic (exact) mass is 541 g/mol. The lowest BCUT2D eigenvalue weighted by Crippen LogP contribution is -2.27. The number of fused-ring (bicyclic) bond motifs is 2. The van der Waals surface area contributed by atoms with Crippen molar-refractivity contribution in [3.8, 4) is 11.5 Å². The van der Waals surface area contributed by atoms with Crippen LogP contribution < -0.4 is 10.1 Å². The number of para-hydroxylation sites is 2. The summed E-state index contributed by atoms with van der Waals surface area (Å²) in [5.41, 5.74) is 4.20. The molecule has 1 atom stereocenters. The first-order valence-corrected chi connectivity index (χ1v) is 13.3. The van der Waals surface area contributed by atoms with Crippen molar-refractivity contribution in [1.82, 2.24) is 14.9 Å². The van der Waals surface area contributed by atoms with Crippen LogP contribution in [0.1, 0.15) is 44.8 Å². The predicted octanol–water partition coefficient (Wildman–Crippen LogP) is 7.22. The van der Waals surface area contributed by atoms with Gasteiger partial charge in [0.25, 0.3) is 5.91 Å². The zero-order valence-corrected chi connectivity index (χ0v) is 22.3. The molecule has 4 aromatic carbocycles. The van der Waals surface area contributed by atoms with Gasteiger partial charge in [0.15, 0.2) is 0 Å². The molecule has 0 aliphatic rings. The van der Waals surface area contributed by atoms with Crippen LogP contribution in [0.25, 0.3) is 21.8 Å². The van der Waals surface area contributed by atoms with Gasteiger partial charge in [-0.2, -0.15) is 0 Å². The second kappa shape index (κ2) is 11.0. The summed E-state index contributed by atoms with van der Waals surface area (Å²) in [6, 6.07) is 31.4. The Morgan fingerprint density at radius 1 is 0.927 bits per heavy atom. The first kappa shape index (κ1) is 25.8. The average molecular weight is 542 g/mol. The zero-order chi connectivity index (χ0) is 28.3. The first-order valence-electron chi connectivity index (χ1n) is 13.3. The third-order valence-electron chi connectivity index (χ3n) is 7.11. The minimum Gasteiger partial charge on any atom is -0.478 e. The molecular weight excluding hydrogens is 514 g/mol. The molecule has 0 unspecified atom stereocenters. The number of pyridine rings is 1. The molecule has 0 saturated heterocycles. The van der Waals surface area contributed by atoms with Gasteiger partial charge in [-0.15, -0.1) is 0 Å². The summed E-state index contributed by atoms with van der Waals surface area (Å²) < 4.78 is 8.27. The lowest BCUT2D eigenvalue weighted by molar-refractivity contribution is 0.0696. The van der Waals surface area contributed by atoms with Crippen molar-refractivity contribution in [3.63, 3.8) is 0 Å². The number of carboxylic acid groups (broad SMARTS) is 1. The molecule has 0 saturated carbocycles. The Hall–Kier alpha value is -5.43. The molecule has 2 aromatic heterocycles. The highest BCUT2D eigenvalue weighted by Crippen LogP contribution is 2.34. The highest BCUT2D eigenvalue weighted by Gasteiger charge is 2.20. The lowest BCUT2D eigenvalue weighted by atomic mass is 10.0. The van der Waals surface area contributed by atoms with Crippen LogP contribution in [-0.4, -0.2) is 26.5 Å². The molecule has 7 nitrogen and oxygen atoms in total. The van der Waals surface area contributed by atoms with Gasteiger partial charge in [-0.05, 0) is 72.6 Å². The standard InChI is InChI=1S/C34H27N3O4/c1-22(24-11-13-25(14-12-24)34(39)40)36-33(38)29-15-16-31(41-27-8-3-2-4-9-27)28-17-18-37(32(28)29)21-23-19-26-7-5-6-10-30(26)35-20-23/h2-20,22H,21H2,1H3,(H,36,38)(H,39,40)/t22-/m0/s1. The van der Waals surface area contributed by atoms with Crippen molar-refractivity contribution in [2.24, 2.45) is 0 Å². The number of nitrogens with zero attached hydrogens (tertiary/aromatic N) is 2. The summed E-state index contributed by atoms with van der Waals surface area (Å²) in [6.45, 7) is 2.39. The van der Waals surface area contributed by atoms with Gasteiger partial charge in [-0.1, -0.05) is 48.5 Å². The molecule has 0 aliphatic carbocycles. The van der Waals surface area contributed by atoms with E-state index in [9.17, 15) is 14.7 Å². The van der Waals surface area contributed by atoms with Crippen LogP contribution in [0.3, 0.4) is 0 Å².